The first-order chi connectivity index (χ1) is 9.25. The molecule has 4 heteroatoms. The van der Waals surface area contributed by atoms with Crippen LogP contribution in [0, 0.1) is 5.92 Å². The maximum absolute atomic E-state index is 11.7. The number of amides is 2. The van der Waals surface area contributed by atoms with E-state index in [4.69, 9.17) is 0 Å². The fourth-order valence-electron chi connectivity index (χ4n) is 2.48. The zero-order valence-electron chi connectivity index (χ0n) is 12.2. The monoisotopic (exact) mass is 268 g/mol. The summed E-state index contributed by atoms with van der Waals surface area (Å²) in [6.07, 6.45) is 10.6. The molecule has 1 fully saturated rings. The highest BCUT2D eigenvalue weighted by Gasteiger charge is 2.27. The largest absolute Gasteiger partial charge is 0.354 e. The minimum absolute atomic E-state index is 0.0991. The van der Waals surface area contributed by atoms with Gasteiger partial charge < -0.3 is 10.6 Å². The predicted octanol–water partition coefficient (Wildman–Crippen LogP) is 2.38. The quantitative estimate of drug-likeness (QED) is 0.498. The van der Waals surface area contributed by atoms with Crippen molar-refractivity contribution in [3.05, 3.63) is 0 Å². The van der Waals surface area contributed by atoms with E-state index in [0.29, 0.717) is 19.5 Å². The summed E-state index contributed by atoms with van der Waals surface area (Å²) in [7, 11) is 0. The summed E-state index contributed by atoms with van der Waals surface area (Å²) in [5.74, 6) is -0.668. The molecule has 110 valence electrons. The maximum Gasteiger partial charge on any atom is 0.232 e. The molecule has 0 aromatic rings. The van der Waals surface area contributed by atoms with Crippen molar-refractivity contribution in [1.82, 2.24) is 10.6 Å². The molecule has 1 saturated heterocycles. The minimum Gasteiger partial charge on any atom is -0.354 e. The van der Waals surface area contributed by atoms with E-state index in [-0.39, 0.29) is 11.8 Å². The lowest BCUT2D eigenvalue weighted by atomic mass is 9.98. The SMILES string of the molecule is CCCCCCCCCCC1C(=O)NCCNC1=O. The molecule has 0 aromatic heterocycles. The number of hydrogen-bond donors (Lipinski definition) is 2. The van der Waals surface area contributed by atoms with Gasteiger partial charge in [-0.25, -0.2) is 0 Å². The Hall–Kier alpha value is -1.06. The third-order valence-corrected chi connectivity index (χ3v) is 3.70. The summed E-state index contributed by atoms with van der Waals surface area (Å²) >= 11 is 0. The molecule has 0 saturated carbocycles. The summed E-state index contributed by atoms with van der Waals surface area (Å²) < 4.78 is 0. The van der Waals surface area contributed by atoms with Crippen LogP contribution in [-0.2, 0) is 9.59 Å². The van der Waals surface area contributed by atoms with Crippen LogP contribution >= 0.6 is 0 Å². The second kappa shape index (κ2) is 9.82. The first kappa shape index (κ1) is 16.0. The fraction of sp³-hybridized carbons (Fsp3) is 0.867. The number of hydrogen-bond acceptors (Lipinski definition) is 2. The van der Waals surface area contributed by atoms with Gasteiger partial charge in [0, 0.05) is 13.1 Å². The molecule has 1 rings (SSSR count). The second-order valence-corrected chi connectivity index (χ2v) is 5.40. The van der Waals surface area contributed by atoms with Gasteiger partial charge in [-0.3, -0.25) is 9.59 Å². The number of carbonyl (C=O) groups excluding carboxylic acids is 2. The van der Waals surface area contributed by atoms with Gasteiger partial charge in [-0.15, -0.1) is 0 Å². The third-order valence-electron chi connectivity index (χ3n) is 3.70. The molecule has 19 heavy (non-hydrogen) atoms. The van der Waals surface area contributed by atoms with Gasteiger partial charge in [0.2, 0.25) is 11.8 Å². The number of carbonyl (C=O) groups is 2. The van der Waals surface area contributed by atoms with Crippen LogP contribution < -0.4 is 10.6 Å². The molecular weight excluding hydrogens is 240 g/mol. The Morgan fingerprint density at radius 3 is 1.84 bits per heavy atom. The Bertz CT molecular complexity index is 261. The van der Waals surface area contributed by atoms with Crippen molar-refractivity contribution >= 4 is 11.8 Å². The van der Waals surface area contributed by atoms with Gasteiger partial charge in [-0.2, -0.15) is 0 Å². The van der Waals surface area contributed by atoms with Crippen LogP contribution in [0.15, 0.2) is 0 Å². The number of nitrogens with one attached hydrogen (secondary N) is 2. The average molecular weight is 268 g/mol. The molecule has 1 aliphatic heterocycles. The molecule has 0 aliphatic carbocycles. The zero-order valence-corrected chi connectivity index (χ0v) is 12.2. The van der Waals surface area contributed by atoms with Crippen LogP contribution in [0.1, 0.15) is 64.7 Å². The lowest BCUT2D eigenvalue weighted by Crippen LogP contribution is -2.35. The Balaban J connectivity index is 2.07. The van der Waals surface area contributed by atoms with Crippen LogP contribution in [0.2, 0.25) is 0 Å². The Morgan fingerprint density at radius 2 is 1.32 bits per heavy atom. The summed E-state index contributed by atoms with van der Waals surface area (Å²) in [4.78, 5) is 23.4. The summed E-state index contributed by atoms with van der Waals surface area (Å²) in [5, 5.41) is 5.56. The first-order valence-electron chi connectivity index (χ1n) is 7.81. The smallest absolute Gasteiger partial charge is 0.232 e. The Kier molecular flexibility index (Phi) is 8.26. The Labute approximate surface area is 116 Å². The van der Waals surface area contributed by atoms with Gasteiger partial charge >= 0.3 is 0 Å². The van der Waals surface area contributed by atoms with E-state index in [9.17, 15) is 9.59 Å². The highest BCUT2D eigenvalue weighted by molar-refractivity contribution is 6.00. The maximum atomic E-state index is 11.7. The molecule has 0 atom stereocenters. The number of unbranched alkanes of at least 4 members (excludes halogenated alkanes) is 7. The molecule has 1 heterocycles. The number of rotatable bonds is 9. The van der Waals surface area contributed by atoms with Crippen LogP contribution in [0.3, 0.4) is 0 Å². The van der Waals surface area contributed by atoms with Crippen molar-refractivity contribution in [3.8, 4) is 0 Å². The van der Waals surface area contributed by atoms with E-state index >= 15 is 0 Å². The average Bonchev–Trinajstić information content (AvgIpc) is 2.56. The van der Waals surface area contributed by atoms with E-state index in [2.05, 4.69) is 17.6 Å². The topological polar surface area (TPSA) is 58.2 Å². The predicted molar refractivity (Wildman–Crippen MR) is 76.7 cm³/mol. The molecule has 4 nitrogen and oxygen atoms in total. The summed E-state index contributed by atoms with van der Waals surface area (Å²) in [5.41, 5.74) is 0. The summed E-state index contributed by atoms with van der Waals surface area (Å²) in [6, 6.07) is 0. The molecule has 2 N–H and O–H groups in total. The first-order valence-corrected chi connectivity index (χ1v) is 7.81. The van der Waals surface area contributed by atoms with Crippen LogP contribution in [-0.4, -0.2) is 24.9 Å². The lowest BCUT2D eigenvalue weighted by Gasteiger charge is -2.11. The molecule has 1 aliphatic rings. The van der Waals surface area contributed by atoms with Crippen molar-refractivity contribution in [2.75, 3.05) is 13.1 Å². The molecular formula is C15H28N2O2. The fourth-order valence-corrected chi connectivity index (χ4v) is 2.48. The zero-order chi connectivity index (χ0) is 13.9. The molecule has 0 radical (unpaired) electrons. The van der Waals surface area contributed by atoms with Crippen molar-refractivity contribution in [2.24, 2.45) is 5.92 Å². The third kappa shape index (κ3) is 6.60. The molecule has 0 spiro atoms. The summed E-state index contributed by atoms with van der Waals surface area (Å²) in [6.45, 7) is 3.33. The van der Waals surface area contributed by atoms with Crippen molar-refractivity contribution < 1.29 is 9.59 Å². The van der Waals surface area contributed by atoms with E-state index in [0.717, 1.165) is 12.8 Å². The van der Waals surface area contributed by atoms with E-state index in [1.807, 2.05) is 0 Å². The molecule has 2 amide bonds. The van der Waals surface area contributed by atoms with Gasteiger partial charge in [0.25, 0.3) is 0 Å². The van der Waals surface area contributed by atoms with Crippen molar-refractivity contribution in [2.45, 2.75) is 64.7 Å². The van der Waals surface area contributed by atoms with Gasteiger partial charge in [0.1, 0.15) is 5.92 Å². The lowest BCUT2D eigenvalue weighted by molar-refractivity contribution is -0.134. The second-order valence-electron chi connectivity index (χ2n) is 5.40. The highest BCUT2D eigenvalue weighted by atomic mass is 16.2. The normalized spacial score (nSPS) is 16.9. The molecule has 0 aromatic carbocycles. The molecule has 0 bridgehead atoms. The minimum atomic E-state index is -0.470. The van der Waals surface area contributed by atoms with Crippen molar-refractivity contribution in [1.29, 1.82) is 0 Å². The van der Waals surface area contributed by atoms with E-state index < -0.39 is 5.92 Å². The van der Waals surface area contributed by atoms with E-state index in [1.165, 1.54) is 38.5 Å². The highest BCUT2D eigenvalue weighted by Crippen LogP contribution is 2.14. The van der Waals surface area contributed by atoms with Crippen molar-refractivity contribution in [3.63, 3.8) is 0 Å². The van der Waals surface area contributed by atoms with Crippen LogP contribution in [0.25, 0.3) is 0 Å². The van der Waals surface area contributed by atoms with Crippen LogP contribution in [0.4, 0.5) is 0 Å². The van der Waals surface area contributed by atoms with Gasteiger partial charge in [-0.05, 0) is 6.42 Å². The van der Waals surface area contributed by atoms with Gasteiger partial charge in [0.05, 0.1) is 0 Å². The van der Waals surface area contributed by atoms with E-state index in [1.54, 1.807) is 0 Å². The standard InChI is InChI=1S/C15H28N2O2/c1-2-3-4-5-6-7-8-9-10-13-14(18)16-11-12-17-15(13)19/h13H,2-12H2,1H3,(H,16,18)(H,17,19). The van der Waals surface area contributed by atoms with Crippen LogP contribution in [0.5, 0.6) is 0 Å². The van der Waals surface area contributed by atoms with Gasteiger partial charge in [-0.1, -0.05) is 58.3 Å². The Morgan fingerprint density at radius 1 is 0.842 bits per heavy atom. The molecule has 0 unspecified atom stereocenters. The van der Waals surface area contributed by atoms with Gasteiger partial charge in [0.15, 0.2) is 0 Å².